The maximum atomic E-state index is 11.0. The van der Waals surface area contributed by atoms with E-state index in [1.807, 2.05) is 18.2 Å². The van der Waals surface area contributed by atoms with Gasteiger partial charge in [-0.3, -0.25) is 9.69 Å². The molecule has 2 unspecified atom stereocenters. The van der Waals surface area contributed by atoms with E-state index in [-0.39, 0.29) is 6.10 Å². The van der Waals surface area contributed by atoms with E-state index in [0.717, 1.165) is 13.1 Å². The molecule has 0 bridgehead atoms. The van der Waals surface area contributed by atoms with Gasteiger partial charge in [0.1, 0.15) is 0 Å². The first-order chi connectivity index (χ1) is 8.66. The van der Waals surface area contributed by atoms with Crippen LogP contribution in [0.1, 0.15) is 12.5 Å². The first kappa shape index (κ1) is 13.1. The highest BCUT2D eigenvalue weighted by Crippen LogP contribution is 2.16. The summed E-state index contributed by atoms with van der Waals surface area (Å²) >= 11 is 0. The van der Waals surface area contributed by atoms with Crippen molar-refractivity contribution in [3.63, 3.8) is 0 Å². The number of benzene rings is 1. The van der Waals surface area contributed by atoms with Crippen LogP contribution in [0.5, 0.6) is 0 Å². The van der Waals surface area contributed by atoms with Crippen LogP contribution in [-0.4, -0.2) is 41.8 Å². The topological polar surface area (TPSA) is 49.8 Å². The van der Waals surface area contributed by atoms with E-state index >= 15 is 0 Å². The molecule has 2 atom stereocenters. The number of ether oxygens (including phenoxy) is 1. The Bertz CT molecular complexity index is 393. The molecule has 1 aromatic carbocycles. The summed E-state index contributed by atoms with van der Waals surface area (Å²) in [6.45, 7) is 4.71. The molecule has 1 aromatic rings. The van der Waals surface area contributed by atoms with Crippen LogP contribution in [0.3, 0.4) is 0 Å². The predicted octanol–water partition coefficient (Wildman–Crippen LogP) is 1.61. The Balaban J connectivity index is 1.93. The lowest BCUT2D eigenvalue weighted by Crippen LogP contribution is -2.46. The monoisotopic (exact) mass is 249 g/mol. The second kappa shape index (κ2) is 5.98. The minimum Gasteiger partial charge on any atom is -0.481 e. The van der Waals surface area contributed by atoms with E-state index in [1.165, 1.54) is 5.56 Å². The fraction of sp³-hybridized carbons (Fsp3) is 0.500. The molecule has 0 aliphatic carbocycles. The van der Waals surface area contributed by atoms with Gasteiger partial charge in [0.05, 0.1) is 18.6 Å². The summed E-state index contributed by atoms with van der Waals surface area (Å²) < 4.78 is 5.55. The molecule has 0 spiro atoms. The van der Waals surface area contributed by atoms with Crippen molar-refractivity contribution in [1.29, 1.82) is 0 Å². The molecule has 2 rings (SSSR count). The highest BCUT2D eigenvalue weighted by molar-refractivity contribution is 5.70. The summed E-state index contributed by atoms with van der Waals surface area (Å²) in [6.07, 6.45) is -0.208. The van der Waals surface area contributed by atoms with Crippen molar-refractivity contribution in [2.45, 2.75) is 19.6 Å². The van der Waals surface area contributed by atoms with Crippen LogP contribution < -0.4 is 0 Å². The van der Waals surface area contributed by atoms with E-state index in [0.29, 0.717) is 13.2 Å². The van der Waals surface area contributed by atoms with E-state index in [2.05, 4.69) is 17.0 Å². The van der Waals surface area contributed by atoms with Gasteiger partial charge in [0.25, 0.3) is 0 Å². The van der Waals surface area contributed by atoms with Crippen molar-refractivity contribution in [2.75, 3.05) is 19.7 Å². The zero-order chi connectivity index (χ0) is 13.0. The van der Waals surface area contributed by atoms with E-state index in [9.17, 15) is 4.79 Å². The maximum Gasteiger partial charge on any atom is 0.308 e. The summed E-state index contributed by atoms with van der Waals surface area (Å²) in [7, 11) is 0. The van der Waals surface area contributed by atoms with Gasteiger partial charge in [-0.05, 0) is 12.5 Å². The molecule has 4 nitrogen and oxygen atoms in total. The average Bonchev–Trinajstić information content (AvgIpc) is 2.39. The molecule has 1 aliphatic heterocycles. The van der Waals surface area contributed by atoms with Crippen molar-refractivity contribution in [2.24, 2.45) is 5.92 Å². The van der Waals surface area contributed by atoms with E-state index in [4.69, 9.17) is 9.84 Å². The van der Waals surface area contributed by atoms with Gasteiger partial charge in [-0.1, -0.05) is 30.3 Å². The Labute approximate surface area is 107 Å². The summed E-state index contributed by atoms with van der Waals surface area (Å²) in [5.41, 5.74) is 1.25. The number of carboxylic acids is 1. The fourth-order valence-corrected chi connectivity index (χ4v) is 2.18. The van der Waals surface area contributed by atoms with E-state index in [1.54, 1.807) is 6.92 Å². The van der Waals surface area contributed by atoms with Crippen LogP contribution in [0.25, 0.3) is 0 Å². The number of aliphatic carboxylic acids is 1. The average molecular weight is 249 g/mol. The van der Waals surface area contributed by atoms with Gasteiger partial charge in [-0.15, -0.1) is 0 Å². The molecular weight excluding hydrogens is 230 g/mol. The number of carbonyl (C=O) groups is 1. The second-order valence-electron chi connectivity index (χ2n) is 4.76. The molecule has 1 N–H and O–H groups in total. The van der Waals surface area contributed by atoms with Crippen molar-refractivity contribution in [1.82, 2.24) is 4.90 Å². The lowest BCUT2D eigenvalue weighted by atomic mass is 10.0. The van der Waals surface area contributed by atoms with Crippen LogP contribution in [0.15, 0.2) is 30.3 Å². The minimum atomic E-state index is -0.790. The molecular formula is C14H19NO3. The third-order valence-electron chi connectivity index (χ3n) is 3.37. The molecule has 0 saturated carbocycles. The number of hydrogen-bond acceptors (Lipinski definition) is 3. The number of hydrogen-bond donors (Lipinski definition) is 1. The van der Waals surface area contributed by atoms with E-state index < -0.39 is 11.9 Å². The predicted molar refractivity (Wildman–Crippen MR) is 68.3 cm³/mol. The van der Waals surface area contributed by atoms with Crippen LogP contribution in [0.4, 0.5) is 0 Å². The Morgan fingerprint density at radius 3 is 2.89 bits per heavy atom. The molecule has 1 fully saturated rings. The van der Waals surface area contributed by atoms with Crippen LogP contribution in [0.2, 0.25) is 0 Å². The number of nitrogens with zero attached hydrogens (tertiary/aromatic N) is 1. The van der Waals surface area contributed by atoms with Crippen molar-refractivity contribution < 1.29 is 14.6 Å². The maximum absolute atomic E-state index is 11.0. The summed E-state index contributed by atoms with van der Waals surface area (Å²) in [5.74, 6) is -1.25. The van der Waals surface area contributed by atoms with Crippen molar-refractivity contribution >= 4 is 5.97 Å². The lowest BCUT2D eigenvalue weighted by Gasteiger charge is -2.34. The van der Waals surface area contributed by atoms with Crippen LogP contribution in [-0.2, 0) is 16.1 Å². The highest BCUT2D eigenvalue weighted by atomic mass is 16.5. The molecule has 0 amide bonds. The third-order valence-corrected chi connectivity index (χ3v) is 3.37. The number of morpholine rings is 1. The summed E-state index contributed by atoms with van der Waals surface area (Å²) in [6, 6.07) is 10.2. The smallest absolute Gasteiger partial charge is 0.308 e. The van der Waals surface area contributed by atoms with Gasteiger partial charge < -0.3 is 9.84 Å². The van der Waals surface area contributed by atoms with Crippen molar-refractivity contribution in [3.8, 4) is 0 Å². The molecule has 1 saturated heterocycles. The number of carboxylic acid groups (broad SMARTS) is 1. The Morgan fingerprint density at radius 1 is 1.50 bits per heavy atom. The SMILES string of the molecule is CC(C(=O)O)C1CN(Cc2ccccc2)CCO1. The van der Waals surface area contributed by atoms with Gasteiger partial charge in [0.2, 0.25) is 0 Å². The second-order valence-corrected chi connectivity index (χ2v) is 4.76. The molecule has 0 radical (unpaired) electrons. The Morgan fingerprint density at radius 2 is 2.22 bits per heavy atom. The van der Waals surface area contributed by atoms with Gasteiger partial charge in [0, 0.05) is 19.6 Å². The van der Waals surface area contributed by atoms with Gasteiger partial charge >= 0.3 is 5.97 Å². The Kier molecular flexibility index (Phi) is 4.33. The molecule has 0 aromatic heterocycles. The highest BCUT2D eigenvalue weighted by Gasteiger charge is 2.29. The molecule has 4 heteroatoms. The fourth-order valence-electron chi connectivity index (χ4n) is 2.18. The largest absolute Gasteiger partial charge is 0.481 e. The minimum absolute atomic E-state index is 0.208. The van der Waals surface area contributed by atoms with Gasteiger partial charge in [-0.25, -0.2) is 0 Å². The normalized spacial score (nSPS) is 22.6. The molecule has 1 heterocycles. The first-order valence-electron chi connectivity index (χ1n) is 6.27. The van der Waals surface area contributed by atoms with Crippen LogP contribution in [0, 0.1) is 5.92 Å². The molecule has 98 valence electrons. The van der Waals surface area contributed by atoms with Crippen molar-refractivity contribution in [3.05, 3.63) is 35.9 Å². The standard InChI is InChI=1S/C14H19NO3/c1-11(14(16)17)13-10-15(7-8-18-13)9-12-5-3-2-4-6-12/h2-6,11,13H,7-10H2,1H3,(H,16,17). The third kappa shape index (κ3) is 3.31. The lowest BCUT2D eigenvalue weighted by molar-refractivity contribution is -0.150. The van der Waals surface area contributed by atoms with Crippen LogP contribution >= 0.6 is 0 Å². The summed E-state index contributed by atoms with van der Waals surface area (Å²) in [4.78, 5) is 13.2. The zero-order valence-corrected chi connectivity index (χ0v) is 10.6. The zero-order valence-electron chi connectivity index (χ0n) is 10.6. The van der Waals surface area contributed by atoms with Gasteiger partial charge in [0.15, 0.2) is 0 Å². The Hall–Kier alpha value is -1.39. The number of rotatable bonds is 4. The first-order valence-corrected chi connectivity index (χ1v) is 6.27. The molecule has 18 heavy (non-hydrogen) atoms. The quantitative estimate of drug-likeness (QED) is 0.880. The molecule has 1 aliphatic rings. The summed E-state index contributed by atoms with van der Waals surface area (Å²) in [5, 5.41) is 9.01. The van der Waals surface area contributed by atoms with Gasteiger partial charge in [-0.2, -0.15) is 0 Å².